The molecule has 0 amide bonds. The fourth-order valence-electron chi connectivity index (χ4n) is 0.759. The second-order valence-corrected chi connectivity index (χ2v) is 3.62. The average molecular weight is 204 g/mol. The maximum absolute atomic E-state index is 12.0. The molecule has 0 aliphatic rings. The Bertz CT molecular complexity index is 148. The Morgan fingerprint density at radius 1 is 1.42 bits per heavy atom. The molecule has 0 aliphatic carbocycles. The SMILES string of the molecule is CC(S)CC(O)(CO)C(F)(F)F. The lowest BCUT2D eigenvalue weighted by atomic mass is 9.98. The third-order valence-corrected chi connectivity index (χ3v) is 1.60. The molecule has 74 valence electrons. The summed E-state index contributed by atoms with van der Waals surface area (Å²) in [5.41, 5.74) is -3.02. The van der Waals surface area contributed by atoms with Crippen LogP contribution in [0.1, 0.15) is 13.3 Å². The molecule has 0 fully saturated rings. The molecule has 12 heavy (non-hydrogen) atoms. The lowest BCUT2D eigenvalue weighted by Crippen LogP contribution is -2.49. The van der Waals surface area contributed by atoms with Gasteiger partial charge in [-0.2, -0.15) is 25.8 Å². The van der Waals surface area contributed by atoms with E-state index in [0.717, 1.165) is 0 Å². The summed E-state index contributed by atoms with van der Waals surface area (Å²) in [5, 5.41) is 16.6. The fraction of sp³-hybridized carbons (Fsp3) is 1.00. The van der Waals surface area contributed by atoms with Crippen molar-refractivity contribution in [2.75, 3.05) is 6.61 Å². The zero-order valence-electron chi connectivity index (χ0n) is 6.47. The zero-order chi connectivity index (χ0) is 9.99. The van der Waals surface area contributed by atoms with Crippen molar-refractivity contribution < 1.29 is 23.4 Å². The summed E-state index contributed by atoms with van der Waals surface area (Å²) in [6.45, 7) is 0.0802. The van der Waals surface area contributed by atoms with Gasteiger partial charge in [-0.3, -0.25) is 0 Å². The minimum atomic E-state index is -4.81. The molecule has 0 spiro atoms. The van der Waals surface area contributed by atoms with Crippen molar-refractivity contribution in [3.63, 3.8) is 0 Å². The van der Waals surface area contributed by atoms with Gasteiger partial charge in [0.05, 0.1) is 6.61 Å². The predicted molar refractivity (Wildman–Crippen MR) is 41.2 cm³/mol. The van der Waals surface area contributed by atoms with Gasteiger partial charge in [-0.05, 0) is 6.42 Å². The van der Waals surface area contributed by atoms with E-state index in [-0.39, 0.29) is 0 Å². The Morgan fingerprint density at radius 3 is 1.92 bits per heavy atom. The van der Waals surface area contributed by atoms with E-state index in [1.807, 2.05) is 0 Å². The number of aliphatic hydroxyl groups excluding tert-OH is 1. The third kappa shape index (κ3) is 2.84. The first kappa shape index (κ1) is 12.1. The highest BCUT2D eigenvalue weighted by Crippen LogP contribution is 2.34. The molecule has 6 heteroatoms. The van der Waals surface area contributed by atoms with Gasteiger partial charge >= 0.3 is 6.18 Å². The average Bonchev–Trinajstić information content (AvgIpc) is 1.83. The molecule has 0 bridgehead atoms. The Labute approximate surface area is 73.8 Å². The standard InChI is InChI=1S/C6H11F3O2S/c1-4(12)2-5(11,3-10)6(7,8)9/h4,10-12H,2-3H2,1H3. The van der Waals surface area contributed by atoms with Crippen molar-refractivity contribution in [2.24, 2.45) is 0 Å². The molecule has 2 nitrogen and oxygen atoms in total. The first-order valence-corrected chi connectivity index (χ1v) is 3.82. The van der Waals surface area contributed by atoms with E-state index in [1.54, 1.807) is 0 Å². The normalized spacial score (nSPS) is 20.2. The number of rotatable bonds is 3. The van der Waals surface area contributed by atoms with Crippen molar-refractivity contribution in [3.8, 4) is 0 Å². The molecule has 0 heterocycles. The van der Waals surface area contributed by atoms with Crippen LogP contribution >= 0.6 is 12.6 Å². The van der Waals surface area contributed by atoms with Gasteiger partial charge in [-0.25, -0.2) is 0 Å². The molecule has 0 saturated carbocycles. The minimum Gasteiger partial charge on any atom is -0.393 e. The van der Waals surface area contributed by atoms with E-state index in [2.05, 4.69) is 12.6 Å². The van der Waals surface area contributed by atoms with Crippen molar-refractivity contribution >= 4 is 12.6 Å². The molecular weight excluding hydrogens is 193 g/mol. The van der Waals surface area contributed by atoms with Crippen molar-refractivity contribution in [1.82, 2.24) is 0 Å². The maximum Gasteiger partial charge on any atom is 0.419 e. The van der Waals surface area contributed by atoms with Gasteiger partial charge in [0.1, 0.15) is 0 Å². The van der Waals surface area contributed by atoms with Gasteiger partial charge in [0.25, 0.3) is 0 Å². The van der Waals surface area contributed by atoms with Crippen LogP contribution in [-0.4, -0.2) is 33.8 Å². The van der Waals surface area contributed by atoms with E-state index < -0.39 is 30.1 Å². The van der Waals surface area contributed by atoms with Crippen LogP contribution < -0.4 is 0 Å². The van der Waals surface area contributed by atoms with Crippen LogP contribution in [0.3, 0.4) is 0 Å². The summed E-state index contributed by atoms with van der Waals surface area (Å²) in [7, 11) is 0. The number of aliphatic hydroxyl groups is 2. The topological polar surface area (TPSA) is 40.5 Å². The summed E-state index contributed by atoms with van der Waals surface area (Å²) in [4.78, 5) is 0. The molecule has 2 atom stereocenters. The van der Waals surface area contributed by atoms with Crippen LogP contribution in [-0.2, 0) is 0 Å². The highest BCUT2D eigenvalue weighted by molar-refractivity contribution is 7.80. The maximum atomic E-state index is 12.0. The number of hydrogen-bond acceptors (Lipinski definition) is 3. The van der Waals surface area contributed by atoms with E-state index in [1.165, 1.54) is 6.92 Å². The lowest BCUT2D eigenvalue weighted by Gasteiger charge is -2.29. The number of halogens is 3. The van der Waals surface area contributed by atoms with Gasteiger partial charge in [0.2, 0.25) is 0 Å². The highest BCUT2D eigenvalue weighted by atomic mass is 32.1. The monoisotopic (exact) mass is 204 g/mol. The summed E-state index contributed by atoms with van der Waals surface area (Å²) in [6.07, 6.45) is -5.42. The van der Waals surface area contributed by atoms with Crippen molar-refractivity contribution in [2.45, 2.75) is 30.4 Å². The first-order chi connectivity index (χ1) is 5.23. The molecule has 0 rings (SSSR count). The van der Waals surface area contributed by atoms with E-state index in [9.17, 15) is 13.2 Å². The molecule has 2 unspecified atom stereocenters. The van der Waals surface area contributed by atoms with Gasteiger partial charge in [-0.1, -0.05) is 6.92 Å². The number of alkyl halides is 3. The van der Waals surface area contributed by atoms with Crippen LogP contribution in [0.4, 0.5) is 13.2 Å². The molecule has 0 aromatic heterocycles. The third-order valence-electron chi connectivity index (χ3n) is 1.42. The van der Waals surface area contributed by atoms with Gasteiger partial charge in [0, 0.05) is 5.25 Å². The summed E-state index contributed by atoms with van der Waals surface area (Å²) in [5.74, 6) is 0. The molecular formula is C6H11F3O2S. The van der Waals surface area contributed by atoms with E-state index >= 15 is 0 Å². The van der Waals surface area contributed by atoms with Crippen LogP contribution in [0.25, 0.3) is 0 Å². The molecule has 0 radical (unpaired) electrons. The largest absolute Gasteiger partial charge is 0.419 e. The summed E-state index contributed by atoms with van der Waals surface area (Å²) in [6, 6.07) is 0. The molecule has 0 aromatic carbocycles. The van der Waals surface area contributed by atoms with Gasteiger partial charge in [0.15, 0.2) is 5.60 Å². The predicted octanol–water partition coefficient (Wildman–Crippen LogP) is 0.980. The molecule has 0 saturated heterocycles. The van der Waals surface area contributed by atoms with Crippen molar-refractivity contribution in [3.05, 3.63) is 0 Å². The first-order valence-electron chi connectivity index (χ1n) is 3.31. The van der Waals surface area contributed by atoms with E-state index in [0.29, 0.717) is 0 Å². The Balaban J connectivity index is 4.46. The Kier molecular flexibility index (Phi) is 3.87. The summed E-state index contributed by atoms with van der Waals surface area (Å²) >= 11 is 3.71. The fourth-order valence-corrected chi connectivity index (χ4v) is 1.06. The van der Waals surface area contributed by atoms with Crippen LogP contribution in [0.2, 0.25) is 0 Å². The quantitative estimate of drug-likeness (QED) is 0.600. The van der Waals surface area contributed by atoms with Gasteiger partial charge in [-0.15, -0.1) is 0 Å². The minimum absolute atomic E-state index is 0.615. The molecule has 2 N–H and O–H groups in total. The number of hydrogen-bond donors (Lipinski definition) is 3. The van der Waals surface area contributed by atoms with Crippen LogP contribution in [0.15, 0.2) is 0 Å². The van der Waals surface area contributed by atoms with Gasteiger partial charge < -0.3 is 10.2 Å². The van der Waals surface area contributed by atoms with E-state index in [4.69, 9.17) is 10.2 Å². The Morgan fingerprint density at radius 2 is 1.83 bits per heavy atom. The second kappa shape index (κ2) is 3.85. The number of thiol groups is 1. The van der Waals surface area contributed by atoms with Crippen LogP contribution in [0, 0.1) is 0 Å². The lowest BCUT2D eigenvalue weighted by molar-refractivity contribution is -0.272. The smallest absolute Gasteiger partial charge is 0.393 e. The highest BCUT2D eigenvalue weighted by Gasteiger charge is 2.53. The second-order valence-electron chi connectivity index (χ2n) is 2.74. The zero-order valence-corrected chi connectivity index (χ0v) is 7.36. The molecule has 0 aliphatic heterocycles. The van der Waals surface area contributed by atoms with Crippen LogP contribution in [0.5, 0.6) is 0 Å². The summed E-state index contributed by atoms with van der Waals surface area (Å²) < 4.78 is 36.1. The molecule has 0 aromatic rings. The van der Waals surface area contributed by atoms with Crippen molar-refractivity contribution in [1.29, 1.82) is 0 Å². The Hall–Kier alpha value is 0.0600.